The van der Waals surface area contributed by atoms with Gasteiger partial charge in [0.15, 0.2) is 0 Å². The van der Waals surface area contributed by atoms with Crippen LogP contribution in [0.3, 0.4) is 0 Å². The standard InChI is InChI=1S/C11H19N.C2H6/c1-5-7-8-9-11(3)10-12(4)6-2;1-2/h5,7-10H,6H2,1-4H3;1-2H3/b7-5-,9-8-,11-10+;. The van der Waals surface area contributed by atoms with E-state index in [4.69, 9.17) is 0 Å². The van der Waals surface area contributed by atoms with Gasteiger partial charge in [-0.05, 0) is 26.3 Å². The highest BCUT2D eigenvalue weighted by Gasteiger charge is 1.85. The Balaban J connectivity index is 0. The molecule has 0 radical (unpaired) electrons. The molecule has 0 rings (SSSR count). The summed E-state index contributed by atoms with van der Waals surface area (Å²) in [6, 6.07) is 0. The van der Waals surface area contributed by atoms with Crippen LogP contribution in [0.4, 0.5) is 0 Å². The van der Waals surface area contributed by atoms with E-state index in [1.54, 1.807) is 0 Å². The largest absolute Gasteiger partial charge is 0.380 e. The van der Waals surface area contributed by atoms with Crippen LogP contribution in [0.25, 0.3) is 0 Å². The van der Waals surface area contributed by atoms with E-state index in [-0.39, 0.29) is 0 Å². The van der Waals surface area contributed by atoms with Gasteiger partial charge in [-0.1, -0.05) is 38.2 Å². The minimum atomic E-state index is 1.05. The van der Waals surface area contributed by atoms with Gasteiger partial charge in [0, 0.05) is 19.8 Å². The van der Waals surface area contributed by atoms with Gasteiger partial charge in [-0.25, -0.2) is 0 Å². The van der Waals surface area contributed by atoms with Gasteiger partial charge in [0.1, 0.15) is 0 Å². The van der Waals surface area contributed by atoms with Crippen LogP contribution < -0.4 is 0 Å². The second-order valence-corrected chi connectivity index (χ2v) is 2.83. The first-order valence-corrected chi connectivity index (χ1v) is 5.38. The van der Waals surface area contributed by atoms with Crippen molar-refractivity contribution in [3.63, 3.8) is 0 Å². The van der Waals surface area contributed by atoms with E-state index in [0.717, 1.165) is 6.54 Å². The molecule has 1 nitrogen and oxygen atoms in total. The number of hydrogen-bond donors (Lipinski definition) is 0. The Morgan fingerprint density at radius 2 is 1.79 bits per heavy atom. The van der Waals surface area contributed by atoms with E-state index in [0.29, 0.717) is 0 Å². The smallest absolute Gasteiger partial charge is 0.0140 e. The Labute approximate surface area is 89.8 Å². The van der Waals surface area contributed by atoms with Crippen LogP contribution in [0.5, 0.6) is 0 Å². The van der Waals surface area contributed by atoms with Crippen LogP contribution in [-0.4, -0.2) is 18.5 Å². The Morgan fingerprint density at radius 1 is 1.21 bits per heavy atom. The quantitative estimate of drug-likeness (QED) is 0.613. The third kappa shape index (κ3) is 11.0. The molecule has 0 aromatic heterocycles. The molecule has 0 aliphatic rings. The summed E-state index contributed by atoms with van der Waals surface area (Å²) in [7, 11) is 2.08. The summed E-state index contributed by atoms with van der Waals surface area (Å²) in [4.78, 5) is 2.16. The predicted molar refractivity (Wildman–Crippen MR) is 67.4 cm³/mol. The van der Waals surface area contributed by atoms with Crippen LogP contribution in [-0.2, 0) is 0 Å². The summed E-state index contributed by atoms with van der Waals surface area (Å²) in [6.07, 6.45) is 10.3. The van der Waals surface area contributed by atoms with Crippen molar-refractivity contribution in [1.29, 1.82) is 0 Å². The van der Waals surface area contributed by atoms with E-state index in [2.05, 4.69) is 44.1 Å². The fraction of sp³-hybridized carbons (Fsp3) is 0.538. The summed E-state index contributed by atoms with van der Waals surface area (Å²) < 4.78 is 0. The van der Waals surface area contributed by atoms with Crippen molar-refractivity contribution in [3.8, 4) is 0 Å². The molecular formula is C13H25N. The molecule has 82 valence electrons. The molecular weight excluding hydrogens is 170 g/mol. The zero-order chi connectivity index (χ0) is 11.4. The van der Waals surface area contributed by atoms with Gasteiger partial charge in [-0.15, -0.1) is 0 Å². The first-order valence-electron chi connectivity index (χ1n) is 5.38. The first kappa shape index (κ1) is 15.5. The maximum Gasteiger partial charge on any atom is 0.0140 e. The molecule has 0 unspecified atom stereocenters. The highest BCUT2D eigenvalue weighted by Crippen LogP contribution is 1.97. The number of hydrogen-bond acceptors (Lipinski definition) is 1. The Kier molecular flexibility index (Phi) is 13.3. The summed E-state index contributed by atoms with van der Waals surface area (Å²) in [5.74, 6) is 0. The molecule has 14 heavy (non-hydrogen) atoms. The normalized spacial score (nSPS) is 11.7. The van der Waals surface area contributed by atoms with Crippen molar-refractivity contribution >= 4 is 0 Å². The molecule has 0 atom stereocenters. The molecule has 0 aliphatic heterocycles. The van der Waals surface area contributed by atoms with Crippen molar-refractivity contribution in [2.24, 2.45) is 0 Å². The maximum absolute atomic E-state index is 2.16. The monoisotopic (exact) mass is 195 g/mol. The van der Waals surface area contributed by atoms with Crippen molar-refractivity contribution in [2.45, 2.75) is 34.6 Å². The molecule has 0 aliphatic carbocycles. The van der Waals surface area contributed by atoms with Crippen molar-refractivity contribution in [1.82, 2.24) is 4.90 Å². The first-order chi connectivity index (χ1) is 6.70. The van der Waals surface area contributed by atoms with Crippen LogP contribution in [0, 0.1) is 0 Å². The van der Waals surface area contributed by atoms with E-state index in [1.807, 2.05) is 32.9 Å². The summed E-state index contributed by atoms with van der Waals surface area (Å²) in [6.45, 7) is 11.3. The fourth-order valence-corrected chi connectivity index (χ4v) is 0.800. The van der Waals surface area contributed by atoms with Crippen molar-refractivity contribution in [2.75, 3.05) is 13.6 Å². The van der Waals surface area contributed by atoms with Crippen molar-refractivity contribution in [3.05, 3.63) is 36.1 Å². The number of rotatable bonds is 4. The van der Waals surface area contributed by atoms with E-state index < -0.39 is 0 Å². The molecule has 1 heteroatoms. The lowest BCUT2D eigenvalue weighted by Crippen LogP contribution is -2.09. The number of allylic oxidation sites excluding steroid dienone is 5. The average molecular weight is 195 g/mol. The zero-order valence-corrected chi connectivity index (χ0v) is 10.5. The molecule has 0 N–H and O–H groups in total. The minimum absolute atomic E-state index is 1.05. The van der Waals surface area contributed by atoms with Gasteiger partial charge in [-0.2, -0.15) is 0 Å². The predicted octanol–water partition coefficient (Wildman–Crippen LogP) is 4.00. The van der Waals surface area contributed by atoms with Gasteiger partial charge in [0.25, 0.3) is 0 Å². The second-order valence-electron chi connectivity index (χ2n) is 2.83. The number of nitrogens with zero attached hydrogens (tertiary/aromatic N) is 1. The Morgan fingerprint density at radius 3 is 2.21 bits per heavy atom. The minimum Gasteiger partial charge on any atom is -0.380 e. The second kappa shape index (κ2) is 12.0. The molecule has 0 aromatic carbocycles. The van der Waals surface area contributed by atoms with Crippen LogP contribution in [0.15, 0.2) is 36.1 Å². The summed E-state index contributed by atoms with van der Waals surface area (Å²) in [5.41, 5.74) is 1.28. The third-order valence-electron chi connectivity index (χ3n) is 1.59. The van der Waals surface area contributed by atoms with Gasteiger partial charge in [-0.3, -0.25) is 0 Å². The fourth-order valence-electron chi connectivity index (χ4n) is 0.800. The van der Waals surface area contributed by atoms with Crippen LogP contribution >= 0.6 is 0 Å². The van der Waals surface area contributed by atoms with E-state index in [1.165, 1.54) is 5.57 Å². The van der Waals surface area contributed by atoms with Crippen LogP contribution in [0.1, 0.15) is 34.6 Å². The van der Waals surface area contributed by atoms with Gasteiger partial charge >= 0.3 is 0 Å². The van der Waals surface area contributed by atoms with Crippen LogP contribution in [0.2, 0.25) is 0 Å². The third-order valence-corrected chi connectivity index (χ3v) is 1.59. The van der Waals surface area contributed by atoms with Crippen molar-refractivity contribution < 1.29 is 0 Å². The lowest BCUT2D eigenvalue weighted by atomic mass is 10.3. The summed E-state index contributed by atoms with van der Waals surface area (Å²) >= 11 is 0. The lowest BCUT2D eigenvalue weighted by Gasteiger charge is -2.10. The molecule has 0 spiro atoms. The highest BCUT2D eigenvalue weighted by atomic mass is 15.1. The molecule has 0 aromatic rings. The molecule has 0 saturated heterocycles. The Bertz CT molecular complexity index is 187. The molecule has 0 bridgehead atoms. The van der Waals surface area contributed by atoms with E-state index in [9.17, 15) is 0 Å². The average Bonchev–Trinajstić information content (AvgIpc) is 2.21. The topological polar surface area (TPSA) is 3.24 Å². The molecule has 0 saturated carbocycles. The molecule has 0 fully saturated rings. The molecule has 0 heterocycles. The van der Waals surface area contributed by atoms with Gasteiger partial charge in [0.05, 0.1) is 0 Å². The zero-order valence-electron chi connectivity index (χ0n) is 10.5. The summed E-state index contributed by atoms with van der Waals surface area (Å²) in [5, 5.41) is 0. The Hall–Kier alpha value is -0.980. The van der Waals surface area contributed by atoms with Gasteiger partial charge in [0.2, 0.25) is 0 Å². The lowest BCUT2D eigenvalue weighted by molar-refractivity contribution is 0.481. The highest BCUT2D eigenvalue weighted by molar-refractivity contribution is 5.19. The molecule has 0 amide bonds. The SMILES string of the molecule is CC.C\C=C/C=C\C(C)=C\N(C)CC. The van der Waals surface area contributed by atoms with E-state index >= 15 is 0 Å². The van der Waals surface area contributed by atoms with Gasteiger partial charge < -0.3 is 4.90 Å². The maximum atomic E-state index is 2.16.